The largest absolute Gasteiger partial charge is 0.497 e. The monoisotopic (exact) mass is 540 g/mol. The number of methoxy groups -OCH3 is 1. The summed E-state index contributed by atoms with van der Waals surface area (Å²) in [5.41, 5.74) is 1.10. The fraction of sp³-hybridized carbons (Fsp3) is 0.355. The molecule has 2 fully saturated rings. The van der Waals surface area contributed by atoms with E-state index in [1.54, 1.807) is 31.4 Å². The van der Waals surface area contributed by atoms with Gasteiger partial charge in [-0.2, -0.15) is 0 Å². The normalized spacial score (nSPS) is 24.4. The van der Waals surface area contributed by atoms with Gasteiger partial charge in [0.2, 0.25) is 11.8 Å². The highest BCUT2D eigenvalue weighted by molar-refractivity contribution is 6.19. The molecule has 0 unspecified atom stereocenters. The maximum absolute atomic E-state index is 14.3. The first-order chi connectivity index (χ1) is 19.4. The molecule has 0 aliphatic carbocycles. The minimum absolute atomic E-state index is 0.00790. The quantitative estimate of drug-likeness (QED) is 0.463. The Morgan fingerprint density at radius 1 is 0.875 bits per heavy atom. The van der Waals surface area contributed by atoms with Crippen molar-refractivity contribution in [2.75, 3.05) is 26.7 Å². The Hall–Kier alpha value is -4.24. The highest BCUT2D eigenvalue weighted by Crippen LogP contribution is 2.38. The molecule has 3 aromatic rings. The summed E-state index contributed by atoms with van der Waals surface area (Å²) in [6, 6.07) is 21.3. The molecule has 9 nitrogen and oxygen atoms in total. The van der Waals surface area contributed by atoms with E-state index in [0.29, 0.717) is 25.4 Å². The average molecular weight is 541 g/mol. The first kappa shape index (κ1) is 26.0. The smallest absolute Gasteiger partial charge is 0.331 e. The summed E-state index contributed by atoms with van der Waals surface area (Å²) in [5, 5.41) is 2.51. The van der Waals surface area contributed by atoms with Gasteiger partial charge in [0.05, 0.1) is 13.7 Å². The number of imide groups is 2. The second kappa shape index (κ2) is 10.4. The van der Waals surface area contributed by atoms with Crippen molar-refractivity contribution >= 4 is 17.8 Å². The number of piperidine rings is 1. The summed E-state index contributed by atoms with van der Waals surface area (Å²) in [5.74, 6) is -0.0319. The lowest BCUT2D eigenvalue weighted by atomic mass is 9.75. The first-order valence-corrected chi connectivity index (χ1v) is 13.6. The molecule has 3 aliphatic rings. The van der Waals surface area contributed by atoms with E-state index in [1.165, 1.54) is 4.90 Å². The van der Waals surface area contributed by atoms with Crippen molar-refractivity contribution in [1.29, 1.82) is 0 Å². The van der Waals surface area contributed by atoms with Crippen molar-refractivity contribution in [3.05, 3.63) is 100.0 Å². The molecule has 6 rings (SSSR count). The predicted octanol–water partition coefficient (Wildman–Crippen LogP) is 2.78. The topological polar surface area (TPSA) is 101 Å². The number of fused-ring (bicyclic) bond motifs is 4. The van der Waals surface area contributed by atoms with Crippen LogP contribution >= 0.6 is 0 Å². The molecule has 4 heterocycles. The molecular weight excluding hydrogens is 508 g/mol. The third-order valence-electron chi connectivity index (χ3n) is 8.45. The maximum Gasteiger partial charge on any atom is 0.331 e. The summed E-state index contributed by atoms with van der Waals surface area (Å²) < 4.78 is 7.16. The van der Waals surface area contributed by atoms with Crippen molar-refractivity contribution < 1.29 is 19.1 Å². The van der Waals surface area contributed by atoms with Crippen molar-refractivity contribution in [2.45, 2.75) is 31.8 Å². The standard InChI is InChI=1S/C31H32N4O5/c1-40-25-12-10-21(11-13-25)15-31(28(37)32-30(39)35(29(31)38)17-22-6-3-2-4-7-22)20-33-16-23-14-24(19-33)26-8-5-9-27(36)34(26)18-23/h2-13,23-24H,14-20H2,1H3,(H,32,37,39)/t23-,24-,31+/m0/s1. The van der Waals surface area contributed by atoms with E-state index < -0.39 is 23.3 Å². The number of nitrogens with one attached hydrogen (secondary N) is 1. The van der Waals surface area contributed by atoms with Crippen molar-refractivity contribution in [3.63, 3.8) is 0 Å². The first-order valence-electron chi connectivity index (χ1n) is 13.6. The van der Waals surface area contributed by atoms with Gasteiger partial charge < -0.3 is 14.2 Å². The lowest BCUT2D eigenvalue weighted by molar-refractivity contribution is -0.154. The third kappa shape index (κ3) is 4.70. The summed E-state index contributed by atoms with van der Waals surface area (Å²) in [4.78, 5) is 56.9. The number of benzene rings is 2. The molecule has 3 atom stereocenters. The number of likely N-dealkylation sites (tertiary alicyclic amines) is 1. The van der Waals surface area contributed by atoms with E-state index in [0.717, 1.165) is 23.2 Å². The highest BCUT2D eigenvalue weighted by atomic mass is 16.5. The average Bonchev–Trinajstić information content (AvgIpc) is 2.96. The molecule has 40 heavy (non-hydrogen) atoms. The van der Waals surface area contributed by atoms with Gasteiger partial charge >= 0.3 is 6.03 Å². The van der Waals surface area contributed by atoms with E-state index in [9.17, 15) is 19.2 Å². The predicted molar refractivity (Wildman–Crippen MR) is 148 cm³/mol. The zero-order valence-electron chi connectivity index (χ0n) is 22.4. The third-order valence-corrected chi connectivity index (χ3v) is 8.45. The zero-order chi connectivity index (χ0) is 27.9. The Morgan fingerprint density at radius 2 is 1.65 bits per heavy atom. The van der Waals surface area contributed by atoms with E-state index >= 15 is 0 Å². The van der Waals surface area contributed by atoms with Gasteiger partial charge in [-0.05, 0) is 48.1 Å². The molecule has 0 saturated carbocycles. The summed E-state index contributed by atoms with van der Waals surface area (Å²) >= 11 is 0. The Bertz CT molecular complexity index is 1500. The Balaban J connectivity index is 1.34. The van der Waals surface area contributed by atoms with Crippen LogP contribution in [0, 0.1) is 11.3 Å². The van der Waals surface area contributed by atoms with Crippen LogP contribution in [-0.4, -0.2) is 59.0 Å². The van der Waals surface area contributed by atoms with Crippen LogP contribution in [0.2, 0.25) is 0 Å². The van der Waals surface area contributed by atoms with E-state index in [-0.39, 0.29) is 36.9 Å². The zero-order valence-corrected chi connectivity index (χ0v) is 22.4. The van der Waals surface area contributed by atoms with Gasteiger partial charge in [-0.1, -0.05) is 48.5 Å². The number of barbiturate groups is 1. The molecular formula is C31H32N4O5. The fourth-order valence-corrected chi connectivity index (χ4v) is 6.59. The number of hydrogen-bond acceptors (Lipinski definition) is 6. The highest BCUT2D eigenvalue weighted by Gasteiger charge is 2.55. The number of carbonyl (C=O) groups excluding carboxylic acids is 3. The number of amides is 4. The van der Waals surface area contributed by atoms with Crippen LogP contribution in [0.25, 0.3) is 0 Å². The van der Waals surface area contributed by atoms with Crippen LogP contribution in [0.5, 0.6) is 5.75 Å². The summed E-state index contributed by atoms with van der Waals surface area (Å²) in [6.07, 6.45) is 1.10. The fourth-order valence-electron chi connectivity index (χ4n) is 6.59. The van der Waals surface area contributed by atoms with Crippen LogP contribution < -0.4 is 15.6 Å². The number of pyridine rings is 1. The van der Waals surface area contributed by atoms with Gasteiger partial charge in [-0.3, -0.25) is 24.6 Å². The van der Waals surface area contributed by atoms with Crippen molar-refractivity contribution in [2.24, 2.45) is 11.3 Å². The molecule has 0 radical (unpaired) electrons. The Morgan fingerprint density at radius 3 is 2.40 bits per heavy atom. The number of hydrogen-bond donors (Lipinski definition) is 1. The Kier molecular flexibility index (Phi) is 6.75. The number of ether oxygens (including phenoxy) is 1. The van der Waals surface area contributed by atoms with E-state index in [4.69, 9.17) is 4.74 Å². The molecule has 2 bridgehead atoms. The number of rotatable bonds is 7. The SMILES string of the molecule is COc1ccc(C[C@@]2(CN3C[C@@H]4C[C@@H](C3)c3cccc(=O)n3C4)C(=O)NC(=O)N(Cc3ccccc3)C2=O)cc1. The van der Waals surface area contributed by atoms with Gasteiger partial charge in [0, 0.05) is 43.9 Å². The lowest BCUT2D eigenvalue weighted by Crippen LogP contribution is -2.67. The van der Waals surface area contributed by atoms with E-state index in [1.807, 2.05) is 53.1 Å². The number of urea groups is 1. The van der Waals surface area contributed by atoms with Crippen molar-refractivity contribution in [1.82, 2.24) is 19.7 Å². The van der Waals surface area contributed by atoms with Crippen LogP contribution in [0.1, 0.15) is 29.2 Å². The van der Waals surface area contributed by atoms with Crippen LogP contribution in [0.3, 0.4) is 0 Å². The second-order valence-corrected chi connectivity index (χ2v) is 11.1. The molecule has 3 aliphatic heterocycles. The second-order valence-electron chi connectivity index (χ2n) is 11.1. The summed E-state index contributed by atoms with van der Waals surface area (Å²) in [7, 11) is 1.58. The van der Waals surface area contributed by atoms with Gasteiger partial charge in [0.1, 0.15) is 11.2 Å². The van der Waals surface area contributed by atoms with Crippen molar-refractivity contribution in [3.8, 4) is 5.75 Å². The molecule has 0 spiro atoms. The lowest BCUT2D eigenvalue weighted by Gasteiger charge is -2.47. The van der Waals surface area contributed by atoms with E-state index in [2.05, 4.69) is 10.2 Å². The summed E-state index contributed by atoms with van der Waals surface area (Å²) in [6.45, 7) is 2.15. The molecule has 1 N–H and O–H groups in total. The van der Waals surface area contributed by atoms with Crippen LogP contribution in [-0.2, 0) is 29.1 Å². The molecule has 2 saturated heterocycles. The van der Waals surface area contributed by atoms with Gasteiger partial charge in [0.15, 0.2) is 0 Å². The van der Waals surface area contributed by atoms with Gasteiger partial charge in [0.25, 0.3) is 5.56 Å². The number of nitrogens with zero attached hydrogens (tertiary/aromatic N) is 3. The minimum atomic E-state index is -1.50. The molecule has 4 amide bonds. The molecule has 2 aromatic carbocycles. The van der Waals surface area contributed by atoms with Gasteiger partial charge in [-0.25, -0.2) is 4.79 Å². The molecule has 9 heteroatoms. The maximum atomic E-state index is 14.3. The van der Waals surface area contributed by atoms with Crippen LogP contribution in [0.4, 0.5) is 4.79 Å². The van der Waals surface area contributed by atoms with Gasteiger partial charge in [-0.15, -0.1) is 0 Å². The molecule has 206 valence electrons. The minimum Gasteiger partial charge on any atom is -0.497 e. The number of aromatic nitrogens is 1. The Labute approximate surface area is 232 Å². The number of carbonyl (C=O) groups is 3. The molecule has 1 aromatic heterocycles. The van der Waals surface area contributed by atoms with Crippen LogP contribution in [0.15, 0.2) is 77.6 Å².